The van der Waals surface area contributed by atoms with Gasteiger partial charge in [0.15, 0.2) is 0 Å². The Balaban J connectivity index is 1.54. The molecule has 1 unspecified atom stereocenters. The van der Waals surface area contributed by atoms with Crippen molar-refractivity contribution in [1.29, 1.82) is 0 Å². The van der Waals surface area contributed by atoms with Crippen LogP contribution in [0, 0.1) is 0 Å². The van der Waals surface area contributed by atoms with E-state index in [1.54, 1.807) is 34.8 Å². The molecule has 1 saturated heterocycles. The molecule has 1 aromatic carbocycles. The number of nitrogens with one attached hydrogen (secondary N) is 1. The normalized spacial score (nSPS) is 21.3. The maximum atomic E-state index is 13.1. The van der Waals surface area contributed by atoms with E-state index in [-0.39, 0.29) is 16.8 Å². The van der Waals surface area contributed by atoms with Crippen molar-refractivity contribution in [1.82, 2.24) is 14.1 Å². The number of anilines is 1. The first-order valence-corrected chi connectivity index (χ1v) is 11.9. The number of nitrogens with zero attached hydrogens (tertiary/aromatic N) is 3. The number of carbonyl (C=O) groups excluding carboxylic acids is 1. The molecule has 1 aliphatic carbocycles. The minimum atomic E-state index is -3.61. The lowest BCUT2D eigenvalue weighted by Crippen LogP contribution is -2.41. The third-order valence-electron chi connectivity index (χ3n) is 6.03. The van der Waals surface area contributed by atoms with Gasteiger partial charge in [0.2, 0.25) is 10.0 Å². The van der Waals surface area contributed by atoms with Crippen LogP contribution in [-0.4, -0.2) is 41.0 Å². The summed E-state index contributed by atoms with van der Waals surface area (Å²) in [6, 6.07) is 8.39. The van der Waals surface area contributed by atoms with Crippen molar-refractivity contribution < 1.29 is 13.2 Å². The van der Waals surface area contributed by atoms with Gasteiger partial charge in [0.1, 0.15) is 5.82 Å². The van der Waals surface area contributed by atoms with Gasteiger partial charge >= 0.3 is 0 Å². The molecule has 1 aromatic heterocycles. The number of amides is 1. The molecule has 8 heteroatoms. The molecule has 7 nitrogen and oxygen atoms in total. The van der Waals surface area contributed by atoms with E-state index >= 15 is 0 Å². The van der Waals surface area contributed by atoms with E-state index in [2.05, 4.69) is 10.4 Å². The fourth-order valence-electron chi connectivity index (χ4n) is 4.40. The zero-order chi connectivity index (χ0) is 20.4. The molecule has 1 amide bonds. The highest BCUT2D eigenvalue weighted by Gasteiger charge is 2.31. The Morgan fingerprint density at radius 3 is 2.62 bits per heavy atom. The Hall–Kier alpha value is -2.19. The van der Waals surface area contributed by atoms with Crippen molar-refractivity contribution in [3.05, 3.63) is 42.1 Å². The standard InChI is InChI=1S/C21H28N4O3S/c1-16-7-4-5-14-24(16)29(27,28)19-11-6-8-17(15-19)21(26)23-20-12-13-22-25(20)18-9-2-3-10-18/h6,8,11-13,15-16,18H,2-5,7,9-10,14H2,1H3,(H,23,26). The number of hydrogen-bond donors (Lipinski definition) is 1. The van der Waals surface area contributed by atoms with Gasteiger partial charge in [-0.05, 0) is 50.8 Å². The average molecular weight is 417 g/mol. The smallest absolute Gasteiger partial charge is 0.256 e. The second-order valence-corrected chi connectivity index (χ2v) is 9.93. The van der Waals surface area contributed by atoms with E-state index in [1.165, 1.54) is 18.9 Å². The number of benzene rings is 1. The van der Waals surface area contributed by atoms with Gasteiger partial charge in [-0.2, -0.15) is 9.40 Å². The molecule has 0 spiro atoms. The number of sulfonamides is 1. The van der Waals surface area contributed by atoms with E-state index < -0.39 is 10.0 Å². The molecule has 2 aliphatic rings. The van der Waals surface area contributed by atoms with Crippen LogP contribution in [0.5, 0.6) is 0 Å². The van der Waals surface area contributed by atoms with Gasteiger partial charge in [-0.1, -0.05) is 25.3 Å². The summed E-state index contributed by atoms with van der Waals surface area (Å²) in [6.07, 6.45) is 8.94. The lowest BCUT2D eigenvalue weighted by molar-refractivity contribution is 0.102. The number of hydrogen-bond acceptors (Lipinski definition) is 4. The molecule has 156 valence electrons. The van der Waals surface area contributed by atoms with Crippen LogP contribution < -0.4 is 5.32 Å². The van der Waals surface area contributed by atoms with E-state index in [9.17, 15) is 13.2 Å². The molecule has 1 N–H and O–H groups in total. The fourth-order valence-corrected chi connectivity index (χ4v) is 6.15. The summed E-state index contributed by atoms with van der Waals surface area (Å²) in [4.78, 5) is 13.0. The topological polar surface area (TPSA) is 84.3 Å². The maximum Gasteiger partial charge on any atom is 0.256 e. The lowest BCUT2D eigenvalue weighted by atomic mass is 10.1. The summed E-state index contributed by atoms with van der Waals surface area (Å²) in [5.74, 6) is 0.327. The minimum Gasteiger partial charge on any atom is -0.307 e. The molecule has 2 heterocycles. The van der Waals surface area contributed by atoms with Crippen molar-refractivity contribution in [2.75, 3.05) is 11.9 Å². The monoisotopic (exact) mass is 416 g/mol. The predicted octanol–water partition coefficient (Wildman–Crippen LogP) is 3.81. The summed E-state index contributed by atoms with van der Waals surface area (Å²) < 4.78 is 29.6. The van der Waals surface area contributed by atoms with Crippen molar-refractivity contribution in [2.45, 2.75) is 68.8 Å². The van der Waals surface area contributed by atoms with Gasteiger partial charge in [0, 0.05) is 24.2 Å². The third kappa shape index (κ3) is 4.09. The number of rotatable bonds is 5. The van der Waals surface area contributed by atoms with Gasteiger partial charge in [0.25, 0.3) is 5.91 Å². The highest BCUT2D eigenvalue weighted by molar-refractivity contribution is 7.89. The van der Waals surface area contributed by atoms with Crippen LogP contribution in [-0.2, 0) is 10.0 Å². The second kappa shape index (κ2) is 8.28. The molecule has 0 radical (unpaired) electrons. The minimum absolute atomic E-state index is 0.0213. The number of piperidine rings is 1. The second-order valence-electron chi connectivity index (χ2n) is 8.04. The first-order chi connectivity index (χ1) is 14.0. The Morgan fingerprint density at radius 1 is 1.10 bits per heavy atom. The van der Waals surface area contributed by atoms with Gasteiger partial charge in [-0.3, -0.25) is 4.79 Å². The molecule has 4 rings (SSSR count). The van der Waals surface area contributed by atoms with Crippen molar-refractivity contribution in [3.63, 3.8) is 0 Å². The fraction of sp³-hybridized carbons (Fsp3) is 0.524. The van der Waals surface area contributed by atoms with Crippen LogP contribution in [0.4, 0.5) is 5.82 Å². The molecule has 29 heavy (non-hydrogen) atoms. The Labute approximate surface area is 172 Å². The lowest BCUT2D eigenvalue weighted by Gasteiger charge is -2.32. The average Bonchev–Trinajstić information content (AvgIpc) is 3.40. The molecule has 2 aromatic rings. The molecular formula is C21H28N4O3S. The Kier molecular flexibility index (Phi) is 5.74. The van der Waals surface area contributed by atoms with E-state index in [0.717, 1.165) is 32.1 Å². The molecule has 1 atom stereocenters. The van der Waals surface area contributed by atoms with Crippen LogP contribution in [0.2, 0.25) is 0 Å². The Bertz CT molecular complexity index is 979. The quantitative estimate of drug-likeness (QED) is 0.803. The van der Waals surface area contributed by atoms with E-state index in [4.69, 9.17) is 0 Å². The molecule has 1 saturated carbocycles. The van der Waals surface area contributed by atoms with Gasteiger partial charge in [-0.25, -0.2) is 13.1 Å². The van der Waals surface area contributed by atoms with E-state index in [1.807, 2.05) is 11.6 Å². The zero-order valence-corrected chi connectivity index (χ0v) is 17.6. The first kappa shape index (κ1) is 20.1. The third-order valence-corrected chi connectivity index (χ3v) is 8.04. The molecule has 2 fully saturated rings. The van der Waals surface area contributed by atoms with Crippen LogP contribution >= 0.6 is 0 Å². The van der Waals surface area contributed by atoms with Crippen molar-refractivity contribution in [3.8, 4) is 0 Å². The van der Waals surface area contributed by atoms with Gasteiger partial charge < -0.3 is 5.32 Å². The van der Waals surface area contributed by atoms with Gasteiger partial charge in [0.05, 0.1) is 17.1 Å². The Morgan fingerprint density at radius 2 is 1.86 bits per heavy atom. The SMILES string of the molecule is CC1CCCCN1S(=O)(=O)c1cccc(C(=O)Nc2ccnn2C2CCCC2)c1. The van der Waals surface area contributed by atoms with Crippen molar-refractivity contribution >= 4 is 21.7 Å². The summed E-state index contributed by atoms with van der Waals surface area (Å²) in [5, 5.41) is 7.27. The number of carbonyl (C=O) groups is 1. The highest BCUT2D eigenvalue weighted by Crippen LogP contribution is 2.31. The molecule has 1 aliphatic heterocycles. The molecule has 0 bridgehead atoms. The first-order valence-electron chi connectivity index (χ1n) is 10.4. The predicted molar refractivity (Wildman–Crippen MR) is 111 cm³/mol. The summed E-state index contributed by atoms with van der Waals surface area (Å²) in [7, 11) is -3.61. The highest BCUT2D eigenvalue weighted by atomic mass is 32.2. The van der Waals surface area contributed by atoms with Crippen molar-refractivity contribution in [2.24, 2.45) is 0 Å². The van der Waals surface area contributed by atoms with Gasteiger partial charge in [-0.15, -0.1) is 0 Å². The summed E-state index contributed by atoms with van der Waals surface area (Å²) in [6.45, 7) is 2.47. The molecular weight excluding hydrogens is 388 g/mol. The van der Waals surface area contributed by atoms with Crippen LogP contribution in [0.3, 0.4) is 0 Å². The largest absolute Gasteiger partial charge is 0.307 e. The van der Waals surface area contributed by atoms with Crippen LogP contribution in [0.25, 0.3) is 0 Å². The zero-order valence-electron chi connectivity index (χ0n) is 16.8. The van der Waals surface area contributed by atoms with Crippen LogP contribution in [0.1, 0.15) is 68.3 Å². The maximum absolute atomic E-state index is 13.1. The van der Waals surface area contributed by atoms with E-state index in [0.29, 0.717) is 24.0 Å². The number of aromatic nitrogens is 2. The summed E-state index contributed by atoms with van der Waals surface area (Å²) >= 11 is 0. The van der Waals surface area contributed by atoms with Crippen LogP contribution in [0.15, 0.2) is 41.4 Å². The summed E-state index contributed by atoms with van der Waals surface area (Å²) in [5.41, 5.74) is 0.329.